The number of hydrogen-bond acceptors (Lipinski definition) is 4. The molecule has 2 aliphatic rings. The van der Waals surface area contributed by atoms with E-state index in [0.29, 0.717) is 37.3 Å². The number of carbonyl (C=O) groups excluding carboxylic acids is 1. The number of hydrogen-bond donors (Lipinski definition) is 2. The molecule has 3 rings (SSSR count). The summed E-state index contributed by atoms with van der Waals surface area (Å²) in [5.74, 6) is -1.22. The van der Waals surface area contributed by atoms with E-state index in [-0.39, 0.29) is 24.2 Å². The zero-order valence-electron chi connectivity index (χ0n) is 14.6. The first-order chi connectivity index (χ1) is 12.3. The predicted molar refractivity (Wildman–Crippen MR) is 97.7 cm³/mol. The van der Waals surface area contributed by atoms with Gasteiger partial charge in [0.1, 0.15) is 0 Å². The van der Waals surface area contributed by atoms with Crippen molar-refractivity contribution in [3.63, 3.8) is 0 Å². The number of carboxylic acid groups (broad SMARTS) is 1. The molecule has 2 amide bonds. The molecule has 1 aromatic carbocycles. The Morgan fingerprint density at radius 2 is 2.04 bits per heavy atom. The van der Waals surface area contributed by atoms with Crippen molar-refractivity contribution in [3.8, 4) is 0 Å². The van der Waals surface area contributed by atoms with E-state index in [1.165, 1.54) is 9.21 Å². The van der Waals surface area contributed by atoms with Crippen LogP contribution in [0.1, 0.15) is 19.8 Å². The number of piperidine rings is 1. The number of sulfonamides is 1. The van der Waals surface area contributed by atoms with Crippen LogP contribution in [-0.4, -0.2) is 55.8 Å². The van der Waals surface area contributed by atoms with Gasteiger partial charge >= 0.3 is 12.0 Å². The number of amides is 2. The highest BCUT2D eigenvalue weighted by atomic mass is 32.2. The van der Waals surface area contributed by atoms with Crippen LogP contribution in [0.5, 0.6) is 0 Å². The third-order valence-electron chi connectivity index (χ3n) is 4.78. The van der Waals surface area contributed by atoms with Crippen molar-refractivity contribution in [2.75, 3.05) is 35.0 Å². The molecule has 0 spiro atoms. The number of carboxylic acids is 1. The molecule has 0 aromatic heterocycles. The van der Waals surface area contributed by atoms with E-state index in [1.54, 1.807) is 24.3 Å². The molecule has 2 aliphatic heterocycles. The van der Waals surface area contributed by atoms with E-state index < -0.39 is 21.9 Å². The van der Waals surface area contributed by atoms with Gasteiger partial charge in [-0.2, -0.15) is 0 Å². The summed E-state index contributed by atoms with van der Waals surface area (Å²) in [6, 6.07) is 6.33. The zero-order valence-corrected chi connectivity index (χ0v) is 15.4. The first-order valence-corrected chi connectivity index (χ1v) is 10.3. The van der Waals surface area contributed by atoms with Gasteiger partial charge in [-0.05, 0) is 37.0 Å². The average molecular weight is 381 g/mol. The van der Waals surface area contributed by atoms with E-state index in [9.17, 15) is 23.1 Å². The predicted octanol–water partition coefficient (Wildman–Crippen LogP) is 1.80. The number of nitrogens with one attached hydrogen (secondary N) is 1. The molecule has 0 aliphatic carbocycles. The maximum atomic E-state index is 12.5. The molecule has 26 heavy (non-hydrogen) atoms. The first kappa shape index (κ1) is 18.5. The van der Waals surface area contributed by atoms with E-state index in [2.05, 4.69) is 5.32 Å². The van der Waals surface area contributed by atoms with Crippen molar-refractivity contribution in [3.05, 3.63) is 24.3 Å². The fourth-order valence-corrected chi connectivity index (χ4v) is 5.12. The molecule has 2 atom stereocenters. The number of carbonyl (C=O) groups is 2. The van der Waals surface area contributed by atoms with Gasteiger partial charge in [-0.3, -0.25) is 9.10 Å². The number of nitrogens with zero attached hydrogens (tertiary/aromatic N) is 2. The van der Waals surface area contributed by atoms with Crippen LogP contribution in [0.3, 0.4) is 0 Å². The summed E-state index contributed by atoms with van der Waals surface area (Å²) in [5, 5.41) is 12.0. The van der Waals surface area contributed by atoms with Gasteiger partial charge in [-0.15, -0.1) is 0 Å². The lowest BCUT2D eigenvalue weighted by atomic mass is 9.91. The minimum atomic E-state index is -3.28. The standard InChI is InChI=1S/C17H23N3O5S/c1-12-8-13(16(21)22)11-19(10-12)17(23)18-14-4-2-5-15(9-14)20-6-3-7-26(20,24)25/h2,4-5,9,12-13H,3,6-8,10-11H2,1H3,(H,18,23)(H,21,22). The molecule has 142 valence electrons. The zero-order chi connectivity index (χ0) is 18.9. The maximum absolute atomic E-state index is 12.5. The minimum absolute atomic E-state index is 0.108. The molecule has 1 aromatic rings. The SMILES string of the molecule is CC1CC(C(=O)O)CN(C(=O)Nc2cccc(N3CCCS3(=O)=O)c2)C1. The molecular formula is C17H23N3O5S. The largest absolute Gasteiger partial charge is 0.481 e. The van der Waals surface area contributed by atoms with Crippen molar-refractivity contribution in [2.45, 2.75) is 19.8 Å². The van der Waals surface area contributed by atoms with Gasteiger partial charge < -0.3 is 15.3 Å². The summed E-state index contributed by atoms with van der Waals surface area (Å²) < 4.78 is 25.5. The van der Waals surface area contributed by atoms with Crippen molar-refractivity contribution in [1.82, 2.24) is 4.90 Å². The van der Waals surface area contributed by atoms with Crippen LogP contribution in [0.2, 0.25) is 0 Å². The monoisotopic (exact) mass is 381 g/mol. The Balaban J connectivity index is 1.72. The smallest absolute Gasteiger partial charge is 0.321 e. The summed E-state index contributed by atoms with van der Waals surface area (Å²) in [7, 11) is -3.28. The number of rotatable bonds is 3. The van der Waals surface area contributed by atoms with Gasteiger partial charge in [0.2, 0.25) is 10.0 Å². The van der Waals surface area contributed by atoms with Crippen LogP contribution in [-0.2, 0) is 14.8 Å². The van der Waals surface area contributed by atoms with E-state index in [1.807, 2.05) is 6.92 Å². The fourth-order valence-electron chi connectivity index (χ4n) is 3.57. The van der Waals surface area contributed by atoms with Crippen LogP contribution in [0.4, 0.5) is 16.2 Å². The Hall–Kier alpha value is -2.29. The van der Waals surface area contributed by atoms with E-state index >= 15 is 0 Å². The Morgan fingerprint density at radius 1 is 1.27 bits per heavy atom. The fraction of sp³-hybridized carbons (Fsp3) is 0.529. The number of anilines is 2. The summed E-state index contributed by atoms with van der Waals surface area (Å²) in [6.45, 7) is 3.03. The highest BCUT2D eigenvalue weighted by molar-refractivity contribution is 7.93. The second-order valence-electron chi connectivity index (χ2n) is 7.00. The van der Waals surface area contributed by atoms with Crippen molar-refractivity contribution < 1.29 is 23.1 Å². The first-order valence-electron chi connectivity index (χ1n) is 8.65. The highest BCUT2D eigenvalue weighted by Crippen LogP contribution is 2.27. The topological polar surface area (TPSA) is 107 Å². The van der Waals surface area contributed by atoms with Crippen LogP contribution in [0.25, 0.3) is 0 Å². The number of likely N-dealkylation sites (tertiary alicyclic amines) is 1. The minimum Gasteiger partial charge on any atom is -0.481 e. The quantitative estimate of drug-likeness (QED) is 0.830. The van der Waals surface area contributed by atoms with Crippen LogP contribution >= 0.6 is 0 Å². The lowest BCUT2D eigenvalue weighted by Crippen LogP contribution is -2.47. The summed E-state index contributed by atoms with van der Waals surface area (Å²) >= 11 is 0. The molecule has 0 bridgehead atoms. The Morgan fingerprint density at radius 3 is 2.69 bits per heavy atom. The molecule has 0 radical (unpaired) electrons. The second-order valence-corrected chi connectivity index (χ2v) is 9.02. The normalized spacial score (nSPS) is 25.1. The van der Waals surface area contributed by atoms with Crippen molar-refractivity contribution in [2.24, 2.45) is 11.8 Å². The Kier molecular flexibility index (Phi) is 5.08. The van der Waals surface area contributed by atoms with Crippen LogP contribution in [0, 0.1) is 11.8 Å². The van der Waals surface area contributed by atoms with E-state index in [4.69, 9.17) is 0 Å². The van der Waals surface area contributed by atoms with Gasteiger partial charge in [-0.25, -0.2) is 13.2 Å². The van der Waals surface area contributed by atoms with Crippen molar-refractivity contribution in [1.29, 1.82) is 0 Å². The van der Waals surface area contributed by atoms with Gasteiger partial charge in [0.15, 0.2) is 0 Å². The van der Waals surface area contributed by atoms with Crippen LogP contribution < -0.4 is 9.62 Å². The molecule has 2 fully saturated rings. The molecule has 8 nitrogen and oxygen atoms in total. The molecule has 2 saturated heterocycles. The van der Waals surface area contributed by atoms with Crippen molar-refractivity contribution >= 4 is 33.4 Å². The summed E-state index contributed by atoms with van der Waals surface area (Å²) in [5.41, 5.74) is 1.01. The third-order valence-corrected chi connectivity index (χ3v) is 6.65. The lowest BCUT2D eigenvalue weighted by molar-refractivity contribution is -0.143. The summed E-state index contributed by atoms with van der Waals surface area (Å²) in [6.07, 6.45) is 1.14. The second kappa shape index (κ2) is 7.14. The Bertz CT molecular complexity index is 810. The number of urea groups is 1. The van der Waals surface area contributed by atoms with Gasteiger partial charge in [0.25, 0.3) is 0 Å². The van der Waals surface area contributed by atoms with Gasteiger partial charge in [0.05, 0.1) is 17.4 Å². The Labute approximate surface area is 152 Å². The number of aliphatic carboxylic acids is 1. The lowest BCUT2D eigenvalue weighted by Gasteiger charge is -2.34. The third kappa shape index (κ3) is 3.92. The molecule has 2 unspecified atom stereocenters. The molecule has 9 heteroatoms. The summed E-state index contributed by atoms with van der Waals surface area (Å²) in [4.78, 5) is 25.3. The van der Waals surface area contributed by atoms with E-state index in [0.717, 1.165) is 0 Å². The highest BCUT2D eigenvalue weighted by Gasteiger charge is 2.32. The average Bonchev–Trinajstić information content (AvgIpc) is 2.93. The maximum Gasteiger partial charge on any atom is 0.321 e. The van der Waals surface area contributed by atoms with Gasteiger partial charge in [0, 0.05) is 25.3 Å². The van der Waals surface area contributed by atoms with Crippen LogP contribution in [0.15, 0.2) is 24.3 Å². The molecular weight excluding hydrogens is 358 g/mol. The molecule has 2 heterocycles. The van der Waals surface area contributed by atoms with Gasteiger partial charge in [-0.1, -0.05) is 13.0 Å². The molecule has 2 N–H and O–H groups in total. The molecule has 0 saturated carbocycles. The number of benzene rings is 1.